The first-order valence-electron chi connectivity index (χ1n) is 8.77. The van der Waals surface area contributed by atoms with Gasteiger partial charge < -0.3 is 15.0 Å². The molecule has 1 N–H and O–H groups in total. The van der Waals surface area contributed by atoms with Gasteiger partial charge in [-0.1, -0.05) is 48.0 Å². The van der Waals surface area contributed by atoms with Crippen LogP contribution in [0.3, 0.4) is 0 Å². The number of para-hydroxylation sites is 1. The second-order valence-electron chi connectivity index (χ2n) is 6.44. The van der Waals surface area contributed by atoms with Crippen molar-refractivity contribution in [3.05, 3.63) is 59.1 Å². The summed E-state index contributed by atoms with van der Waals surface area (Å²) >= 11 is 6.42. The molecular weight excluding hydrogens is 350 g/mol. The van der Waals surface area contributed by atoms with Gasteiger partial charge in [0, 0.05) is 19.6 Å². The van der Waals surface area contributed by atoms with E-state index >= 15 is 0 Å². The molecule has 1 fully saturated rings. The number of nitrogens with one attached hydrogen (secondary N) is 1. The van der Waals surface area contributed by atoms with Gasteiger partial charge in [-0.05, 0) is 24.7 Å². The van der Waals surface area contributed by atoms with Gasteiger partial charge in [-0.3, -0.25) is 9.69 Å². The molecule has 0 radical (unpaired) electrons. The molecule has 0 saturated carbocycles. The molecule has 0 atom stereocenters. The van der Waals surface area contributed by atoms with Crippen molar-refractivity contribution < 1.29 is 9.53 Å². The van der Waals surface area contributed by atoms with Crippen molar-refractivity contribution in [1.29, 1.82) is 0 Å². The molecule has 0 aliphatic carbocycles. The number of ether oxygens (including phenoxy) is 1. The summed E-state index contributed by atoms with van der Waals surface area (Å²) in [6, 6.07) is 15.7. The number of amides is 1. The van der Waals surface area contributed by atoms with Crippen LogP contribution in [0.15, 0.2) is 48.5 Å². The Kier molecular flexibility index (Phi) is 6.50. The number of hydrogen-bond donors (Lipinski definition) is 1. The molecule has 6 heteroatoms. The molecule has 0 unspecified atom stereocenters. The third kappa shape index (κ3) is 4.97. The molecule has 1 heterocycles. The third-order valence-corrected chi connectivity index (χ3v) is 4.60. The summed E-state index contributed by atoms with van der Waals surface area (Å²) in [5.74, 6) is -0.0554. The molecule has 0 bridgehead atoms. The van der Waals surface area contributed by atoms with Crippen molar-refractivity contribution in [3.63, 3.8) is 0 Å². The SMILES string of the molecule is CN(CC(=O)Nc1cccc(Cl)c1N1CCOCC1)Cc1ccccc1. The maximum Gasteiger partial charge on any atom is 0.238 e. The average Bonchev–Trinajstić information content (AvgIpc) is 2.63. The number of anilines is 2. The Morgan fingerprint density at radius 1 is 1.15 bits per heavy atom. The fourth-order valence-corrected chi connectivity index (χ4v) is 3.40. The van der Waals surface area contributed by atoms with Crippen LogP contribution in [-0.2, 0) is 16.1 Å². The number of rotatable bonds is 6. The van der Waals surface area contributed by atoms with Crippen LogP contribution in [0.4, 0.5) is 11.4 Å². The van der Waals surface area contributed by atoms with Gasteiger partial charge >= 0.3 is 0 Å². The molecule has 2 aromatic rings. The molecular formula is C20H24ClN3O2. The Morgan fingerprint density at radius 2 is 1.88 bits per heavy atom. The molecule has 138 valence electrons. The first-order valence-corrected chi connectivity index (χ1v) is 9.15. The van der Waals surface area contributed by atoms with E-state index < -0.39 is 0 Å². The van der Waals surface area contributed by atoms with Gasteiger partial charge in [0.15, 0.2) is 0 Å². The van der Waals surface area contributed by atoms with Gasteiger partial charge in [0.05, 0.1) is 36.2 Å². The zero-order valence-electron chi connectivity index (χ0n) is 15.0. The van der Waals surface area contributed by atoms with E-state index in [2.05, 4.69) is 22.3 Å². The van der Waals surface area contributed by atoms with E-state index in [0.717, 1.165) is 31.0 Å². The minimum absolute atomic E-state index is 0.0554. The van der Waals surface area contributed by atoms with Crippen molar-refractivity contribution in [2.45, 2.75) is 6.54 Å². The van der Waals surface area contributed by atoms with E-state index in [0.29, 0.717) is 24.8 Å². The number of benzene rings is 2. The quantitative estimate of drug-likeness (QED) is 0.844. The van der Waals surface area contributed by atoms with Gasteiger partial charge in [-0.15, -0.1) is 0 Å². The number of carbonyl (C=O) groups excluding carboxylic acids is 1. The van der Waals surface area contributed by atoms with Crippen molar-refractivity contribution in [1.82, 2.24) is 4.90 Å². The van der Waals surface area contributed by atoms with Crippen LogP contribution in [0.25, 0.3) is 0 Å². The molecule has 0 spiro atoms. The van der Waals surface area contributed by atoms with E-state index in [9.17, 15) is 4.79 Å². The van der Waals surface area contributed by atoms with E-state index in [-0.39, 0.29) is 5.91 Å². The second kappa shape index (κ2) is 9.03. The highest BCUT2D eigenvalue weighted by atomic mass is 35.5. The van der Waals surface area contributed by atoms with Crippen LogP contribution in [0.5, 0.6) is 0 Å². The van der Waals surface area contributed by atoms with Gasteiger partial charge in [0.25, 0.3) is 0 Å². The summed E-state index contributed by atoms with van der Waals surface area (Å²) in [4.78, 5) is 16.7. The lowest BCUT2D eigenvalue weighted by molar-refractivity contribution is -0.117. The summed E-state index contributed by atoms with van der Waals surface area (Å²) < 4.78 is 5.41. The summed E-state index contributed by atoms with van der Waals surface area (Å²) in [7, 11) is 1.94. The molecule has 26 heavy (non-hydrogen) atoms. The van der Waals surface area contributed by atoms with Gasteiger partial charge in [-0.25, -0.2) is 0 Å². The maximum absolute atomic E-state index is 12.5. The molecule has 2 aromatic carbocycles. The standard InChI is InChI=1S/C20H24ClN3O2/c1-23(14-16-6-3-2-4-7-16)15-19(25)22-18-9-5-8-17(21)20(18)24-10-12-26-13-11-24/h2-9H,10-15H2,1H3,(H,22,25). The predicted molar refractivity (Wildman–Crippen MR) is 106 cm³/mol. The number of halogens is 1. The smallest absolute Gasteiger partial charge is 0.238 e. The van der Waals surface area contributed by atoms with E-state index in [1.165, 1.54) is 5.56 Å². The Bertz CT molecular complexity index is 733. The zero-order valence-corrected chi connectivity index (χ0v) is 15.7. The molecule has 1 aliphatic rings. The summed E-state index contributed by atoms with van der Waals surface area (Å²) in [6.07, 6.45) is 0. The summed E-state index contributed by atoms with van der Waals surface area (Å²) in [5, 5.41) is 3.66. The number of morpholine rings is 1. The largest absolute Gasteiger partial charge is 0.378 e. The molecule has 1 saturated heterocycles. The maximum atomic E-state index is 12.5. The van der Waals surface area contributed by atoms with Crippen LogP contribution in [-0.4, -0.2) is 50.7 Å². The summed E-state index contributed by atoms with van der Waals surface area (Å²) in [5.41, 5.74) is 2.80. The lowest BCUT2D eigenvalue weighted by Gasteiger charge is -2.31. The number of nitrogens with zero attached hydrogens (tertiary/aromatic N) is 2. The third-order valence-electron chi connectivity index (χ3n) is 4.30. The lowest BCUT2D eigenvalue weighted by atomic mass is 10.2. The number of carbonyl (C=O) groups is 1. The fraction of sp³-hybridized carbons (Fsp3) is 0.350. The minimum atomic E-state index is -0.0554. The highest BCUT2D eigenvalue weighted by Gasteiger charge is 2.19. The second-order valence-corrected chi connectivity index (χ2v) is 6.85. The Labute approximate surface area is 159 Å². The van der Waals surface area contributed by atoms with Crippen LogP contribution >= 0.6 is 11.6 Å². The normalized spacial score (nSPS) is 14.5. The van der Waals surface area contributed by atoms with Crippen molar-refractivity contribution in [3.8, 4) is 0 Å². The monoisotopic (exact) mass is 373 g/mol. The molecule has 5 nitrogen and oxygen atoms in total. The van der Waals surface area contributed by atoms with E-state index in [1.54, 1.807) is 0 Å². The fourth-order valence-electron chi connectivity index (χ4n) is 3.11. The topological polar surface area (TPSA) is 44.8 Å². The first-order chi connectivity index (χ1) is 12.6. The Morgan fingerprint density at radius 3 is 2.62 bits per heavy atom. The highest BCUT2D eigenvalue weighted by Crippen LogP contribution is 2.34. The molecule has 3 rings (SSSR count). The molecule has 0 aromatic heterocycles. The predicted octanol–water partition coefficient (Wildman–Crippen LogP) is 3.25. The van der Waals surface area contributed by atoms with Crippen LogP contribution in [0.1, 0.15) is 5.56 Å². The van der Waals surface area contributed by atoms with Crippen molar-refractivity contribution in [2.24, 2.45) is 0 Å². The van der Waals surface area contributed by atoms with Crippen LogP contribution in [0.2, 0.25) is 5.02 Å². The molecule has 1 aliphatic heterocycles. The number of likely N-dealkylation sites (N-methyl/N-ethyl adjacent to an activating group) is 1. The van der Waals surface area contributed by atoms with Crippen molar-refractivity contribution >= 4 is 28.9 Å². The van der Waals surface area contributed by atoms with Gasteiger partial charge in [0.2, 0.25) is 5.91 Å². The van der Waals surface area contributed by atoms with Crippen molar-refractivity contribution in [2.75, 3.05) is 50.1 Å². The van der Waals surface area contributed by atoms with E-state index in [1.807, 2.05) is 48.3 Å². The van der Waals surface area contributed by atoms with Gasteiger partial charge in [0.1, 0.15) is 0 Å². The first kappa shape index (κ1) is 18.7. The molecule has 1 amide bonds. The lowest BCUT2D eigenvalue weighted by Crippen LogP contribution is -2.37. The Hall–Kier alpha value is -2.08. The average molecular weight is 374 g/mol. The number of hydrogen-bond acceptors (Lipinski definition) is 4. The van der Waals surface area contributed by atoms with E-state index in [4.69, 9.17) is 16.3 Å². The van der Waals surface area contributed by atoms with Gasteiger partial charge in [-0.2, -0.15) is 0 Å². The zero-order chi connectivity index (χ0) is 18.4. The Balaban J connectivity index is 1.64. The summed E-state index contributed by atoms with van der Waals surface area (Å²) in [6.45, 7) is 3.89. The van der Waals surface area contributed by atoms with Crippen LogP contribution in [0, 0.1) is 0 Å². The van der Waals surface area contributed by atoms with Crippen LogP contribution < -0.4 is 10.2 Å². The minimum Gasteiger partial charge on any atom is -0.378 e. The highest BCUT2D eigenvalue weighted by molar-refractivity contribution is 6.34.